The molecule has 0 unspecified atom stereocenters. The van der Waals surface area contributed by atoms with E-state index in [2.05, 4.69) is 15.9 Å². The summed E-state index contributed by atoms with van der Waals surface area (Å²) < 4.78 is 39.0. The van der Waals surface area contributed by atoms with Crippen LogP contribution in [0.3, 0.4) is 0 Å². The van der Waals surface area contributed by atoms with Gasteiger partial charge >= 0.3 is 5.97 Å². The van der Waals surface area contributed by atoms with Crippen molar-refractivity contribution < 1.29 is 23.1 Å². The summed E-state index contributed by atoms with van der Waals surface area (Å²) in [5.74, 6) is -6.41. The molecule has 0 amide bonds. The lowest BCUT2D eigenvalue weighted by atomic mass is 10.1. The summed E-state index contributed by atoms with van der Waals surface area (Å²) in [6, 6.07) is 1.94. The minimum Gasteiger partial charge on any atom is -0.478 e. The van der Waals surface area contributed by atoms with Crippen LogP contribution in [0.4, 0.5) is 13.2 Å². The number of hydrogen-bond acceptors (Lipinski definition) is 1. The van der Waals surface area contributed by atoms with Crippen LogP contribution in [0.25, 0.3) is 0 Å². The number of carbonyl (C=O) groups is 1. The Morgan fingerprint density at radius 3 is 2.40 bits per heavy atom. The fourth-order valence-corrected chi connectivity index (χ4v) is 1.56. The van der Waals surface area contributed by atoms with Crippen LogP contribution in [0, 0.1) is 5.82 Å². The van der Waals surface area contributed by atoms with Gasteiger partial charge in [0, 0.05) is 11.4 Å². The van der Waals surface area contributed by atoms with Crippen molar-refractivity contribution in [3.63, 3.8) is 0 Å². The molecule has 1 aromatic carbocycles. The number of halogens is 4. The first-order chi connectivity index (χ1) is 6.75. The van der Waals surface area contributed by atoms with Gasteiger partial charge in [0.2, 0.25) is 0 Å². The van der Waals surface area contributed by atoms with E-state index in [0.29, 0.717) is 6.92 Å². The van der Waals surface area contributed by atoms with Crippen molar-refractivity contribution in [1.29, 1.82) is 0 Å². The van der Waals surface area contributed by atoms with Crippen molar-refractivity contribution in [2.75, 3.05) is 0 Å². The normalized spacial score (nSPS) is 11.5. The van der Waals surface area contributed by atoms with Crippen LogP contribution in [0.1, 0.15) is 22.8 Å². The molecule has 1 rings (SSSR count). The van der Waals surface area contributed by atoms with Crippen LogP contribution in [0.2, 0.25) is 0 Å². The maximum Gasteiger partial charge on any atom is 0.339 e. The highest BCUT2D eigenvalue weighted by molar-refractivity contribution is 9.10. The van der Waals surface area contributed by atoms with Gasteiger partial charge in [-0.05, 0) is 28.1 Å². The van der Waals surface area contributed by atoms with Crippen molar-refractivity contribution in [2.45, 2.75) is 12.8 Å². The largest absolute Gasteiger partial charge is 0.478 e. The summed E-state index contributed by atoms with van der Waals surface area (Å²) in [6.45, 7) is 0.505. The third kappa shape index (κ3) is 2.31. The Morgan fingerprint density at radius 2 is 2.00 bits per heavy atom. The Kier molecular flexibility index (Phi) is 3.08. The quantitative estimate of drug-likeness (QED) is 0.903. The fraction of sp³-hybridized carbons (Fsp3) is 0.222. The average Bonchev–Trinajstić information content (AvgIpc) is 2.00. The molecule has 0 aromatic heterocycles. The first-order valence-electron chi connectivity index (χ1n) is 3.84. The zero-order chi connectivity index (χ0) is 11.8. The second kappa shape index (κ2) is 3.84. The van der Waals surface area contributed by atoms with E-state index in [0.717, 1.165) is 12.1 Å². The van der Waals surface area contributed by atoms with Crippen LogP contribution in [0.15, 0.2) is 16.6 Å². The van der Waals surface area contributed by atoms with Crippen LogP contribution < -0.4 is 0 Å². The van der Waals surface area contributed by atoms with E-state index < -0.39 is 28.8 Å². The SMILES string of the molecule is CC(F)(F)c1ccc(Br)c(C(=O)O)c1F. The molecule has 6 heteroatoms. The second-order valence-corrected chi connectivity index (χ2v) is 3.83. The molecule has 82 valence electrons. The zero-order valence-corrected chi connectivity index (χ0v) is 9.11. The van der Waals surface area contributed by atoms with E-state index in [9.17, 15) is 18.0 Å². The minimum absolute atomic E-state index is 0.0690. The van der Waals surface area contributed by atoms with Gasteiger partial charge in [0.25, 0.3) is 5.92 Å². The highest BCUT2D eigenvalue weighted by Gasteiger charge is 2.31. The van der Waals surface area contributed by atoms with Crippen molar-refractivity contribution in [3.8, 4) is 0 Å². The van der Waals surface area contributed by atoms with Crippen molar-refractivity contribution in [3.05, 3.63) is 33.5 Å². The Bertz CT molecular complexity index is 413. The molecule has 0 spiro atoms. The number of carboxylic acid groups (broad SMARTS) is 1. The molecule has 0 bridgehead atoms. The third-order valence-corrected chi connectivity index (χ3v) is 2.44. The summed E-state index contributed by atoms with van der Waals surface area (Å²) in [5, 5.41) is 8.62. The second-order valence-electron chi connectivity index (χ2n) is 2.98. The third-order valence-electron chi connectivity index (χ3n) is 1.78. The summed E-state index contributed by atoms with van der Waals surface area (Å²) in [4.78, 5) is 10.6. The van der Waals surface area contributed by atoms with E-state index in [1.165, 1.54) is 0 Å². The lowest BCUT2D eigenvalue weighted by Gasteiger charge is -2.13. The molecule has 0 aliphatic rings. The highest BCUT2D eigenvalue weighted by Crippen LogP contribution is 2.33. The molecule has 0 aliphatic heterocycles. The molecule has 1 aromatic rings. The molecule has 0 atom stereocenters. The minimum atomic E-state index is -3.41. The topological polar surface area (TPSA) is 37.3 Å². The van der Waals surface area contributed by atoms with Gasteiger partial charge < -0.3 is 5.11 Å². The molecule has 1 N–H and O–H groups in total. The van der Waals surface area contributed by atoms with E-state index in [4.69, 9.17) is 5.11 Å². The first kappa shape index (κ1) is 12.0. The predicted molar refractivity (Wildman–Crippen MR) is 50.6 cm³/mol. The number of benzene rings is 1. The number of hydrogen-bond donors (Lipinski definition) is 1. The molecular formula is C9H6BrF3O2. The van der Waals surface area contributed by atoms with Crippen molar-refractivity contribution in [1.82, 2.24) is 0 Å². The van der Waals surface area contributed by atoms with Crippen LogP contribution in [0.5, 0.6) is 0 Å². The molecule has 15 heavy (non-hydrogen) atoms. The maximum atomic E-state index is 13.4. The van der Waals surface area contributed by atoms with Gasteiger partial charge in [-0.15, -0.1) is 0 Å². The highest BCUT2D eigenvalue weighted by atomic mass is 79.9. The lowest BCUT2D eigenvalue weighted by Crippen LogP contribution is -2.14. The number of rotatable bonds is 2. The molecule has 2 nitrogen and oxygen atoms in total. The zero-order valence-electron chi connectivity index (χ0n) is 7.52. The average molecular weight is 283 g/mol. The molecule has 0 heterocycles. The van der Waals surface area contributed by atoms with Gasteiger partial charge in [0.1, 0.15) is 11.4 Å². The molecule has 0 radical (unpaired) electrons. The number of alkyl halides is 2. The summed E-state index contributed by atoms with van der Waals surface area (Å²) in [5.41, 5.74) is -1.71. The van der Waals surface area contributed by atoms with Gasteiger partial charge in [0.05, 0.1) is 5.56 Å². The van der Waals surface area contributed by atoms with E-state index >= 15 is 0 Å². The summed E-state index contributed by atoms with van der Waals surface area (Å²) >= 11 is 2.78. The number of carboxylic acids is 1. The van der Waals surface area contributed by atoms with E-state index in [1.54, 1.807) is 0 Å². The first-order valence-corrected chi connectivity index (χ1v) is 4.64. The van der Waals surface area contributed by atoms with Gasteiger partial charge in [-0.3, -0.25) is 0 Å². The van der Waals surface area contributed by atoms with Crippen LogP contribution in [-0.2, 0) is 5.92 Å². The summed E-state index contributed by atoms with van der Waals surface area (Å²) in [7, 11) is 0. The van der Waals surface area contributed by atoms with Crippen molar-refractivity contribution >= 4 is 21.9 Å². The standard InChI is InChI=1S/C9H6BrF3O2/c1-9(12,13)4-2-3-5(10)6(7(4)11)8(14)15/h2-3H,1H3,(H,14,15). The molecule has 0 aliphatic carbocycles. The Labute approximate surface area is 91.8 Å². The Hall–Kier alpha value is -1.04. The van der Waals surface area contributed by atoms with Crippen molar-refractivity contribution in [2.24, 2.45) is 0 Å². The molecular weight excluding hydrogens is 277 g/mol. The molecule has 0 fully saturated rings. The van der Waals surface area contributed by atoms with Crippen LogP contribution >= 0.6 is 15.9 Å². The van der Waals surface area contributed by atoms with Gasteiger partial charge in [-0.2, -0.15) is 0 Å². The Balaban J connectivity index is 3.49. The Morgan fingerprint density at radius 1 is 1.47 bits per heavy atom. The lowest BCUT2D eigenvalue weighted by molar-refractivity contribution is 0.0135. The van der Waals surface area contributed by atoms with Gasteiger partial charge in [0.15, 0.2) is 0 Å². The van der Waals surface area contributed by atoms with Gasteiger partial charge in [-0.25, -0.2) is 18.0 Å². The van der Waals surface area contributed by atoms with Gasteiger partial charge in [-0.1, -0.05) is 0 Å². The van der Waals surface area contributed by atoms with Crippen LogP contribution in [-0.4, -0.2) is 11.1 Å². The monoisotopic (exact) mass is 282 g/mol. The van der Waals surface area contributed by atoms with E-state index in [1.807, 2.05) is 0 Å². The van der Waals surface area contributed by atoms with E-state index in [-0.39, 0.29) is 4.47 Å². The fourth-order valence-electron chi connectivity index (χ4n) is 1.09. The summed E-state index contributed by atoms with van der Waals surface area (Å²) in [6.07, 6.45) is 0. The molecule has 0 saturated carbocycles. The predicted octanol–water partition coefficient (Wildman–Crippen LogP) is 3.40. The molecule has 0 saturated heterocycles. The number of aromatic carboxylic acids is 1. The maximum absolute atomic E-state index is 13.4. The smallest absolute Gasteiger partial charge is 0.339 e.